The first-order valence-electron chi connectivity index (χ1n) is 7.19. The lowest BCUT2D eigenvalue weighted by molar-refractivity contribution is -0.137. The van der Waals surface area contributed by atoms with Crippen molar-refractivity contribution in [1.82, 2.24) is 0 Å². The minimum absolute atomic E-state index is 0.519. The molecule has 0 unspecified atom stereocenters. The molecule has 0 radical (unpaired) electrons. The van der Waals surface area contributed by atoms with Gasteiger partial charge in [-0.2, -0.15) is 0 Å². The molecule has 1 aliphatic heterocycles. The van der Waals surface area contributed by atoms with Gasteiger partial charge in [-0.05, 0) is 30.7 Å². The second-order valence-corrected chi connectivity index (χ2v) is 6.00. The maximum Gasteiger partial charge on any atom is 0.329 e. The molecule has 1 atom stereocenters. The molecule has 0 aromatic heterocycles. The van der Waals surface area contributed by atoms with Gasteiger partial charge in [-0.25, -0.2) is 4.79 Å². The van der Waals surface area contributed by atoms with Crippen molar-refractivity contribution in [2.45, 2.75) is 13.0 Å². The van der Waals surface area contributed by atoms with Crippen molar-refractivity contribution in [2.24, 2.45) is 4.99 Å². The summed E-state index contributed by atoms with van der Waals surface area (Å²) in [6, 6.07) is 7.75. The molecule has 1 aromatic carbocycles. The SMILES string of the molecule is CCN(C)c1ccc(/C=C/C=C/C2=N[C@@H](C(=O)O)CS2)cc1. The number of allylic oxidation sites excluding steroid dienone is 2. The highest BCUT2D eigenvalue weighted by Crippen LogP contribution is 2.19. The summed E-state index contributed by atoms with van der Waals surface area (Å²) in [5.74, 6) is -0.339. The van der Waals surface area contributed by atoms with Crippen molar-refractivity contribution < 1.29 is 9.90 Å². The Bertz CT molecular complexity index is 606. The van der Waals surface area contributed by atoms with Crippen molar-refractivity contribution in [3.63, 3.8) is 0 Å². The van der Waals surface area contributed by atoms with E-state index >= 15 is 0 Å². The van der Waals surface area contributed by atoms with Crippen molar-refractivity contribution in [3.8, 4) is 0 Å². The lowest BCUT2D eigenvalue weighted by Gasteiger charge is -2.16. The van der Waals surface area contributed by atoms with Crippen LogP contribution in [0, 0.1) is 0 Å². The molecule has 0 saturated heterocycles. The van der Waals surface area contributed by atoms with Crippen LogP contribution in [0.4, 0.5) is 5.69 Å². The van der Waals surface area contributed by atoms with Crippen LogP contribution in [-0.4, -0.2) is 41.5 Å². The van der Waals surface area contributed by atoms with Gasteiger partial charge in [0.15, 0.2) is 6.04 Å². The topological polar surface area (TPSA) is 52.9 Å². The summed E-state index contributed by atoms with van der Waals surface area (Å²) < 4.78 is 0. The molecule has 1 heterocycles. The molecule has 0 bridgehead atoms. The highest BCUT2D eigenvalue weighted by Gasteiger charge is 2.22. The lowest BCUT2D eigenvalue weighted by atomic mass is 10.2. The van der Waals surface area contributed by atoms with Crippen LogP contribution in [0.5, 0.6) is 0 Å². The van der Waals surface area contributed by atoms with Crippen molar-refractivity contribution in [1.29, 1.82) is 0 Å². The first kappa shape index (κ1) is 16.4. The summed E-state index contributed by atoms with van der Waals surface area (Å²) in [4.78, 5) is 17.1. The molecule has 1 N–H and O–H groups in total. The van der Waals surface area contributed by atoms with Crippen LogP contribution in [0.3, 0.4) is 0 Å². The van der Waals surface area contributed by atoms with Crippen molar-refractivity contribution in [3.05, 3.63) is 48.1 Å². The first-order valence-corrected chi connectivity index (χ1v) is 8.18. The fraction of sp³-hybridized carbons (Fsp3) is 0.294. The Morgan fingerprint density at radius 3 is 2.64 bits per heavy atom. The number of aliphatic carboxylic acids is 1. The zero-order valence-corrected chi connectivity index (χ0v) is 13.6. The number of anilines is 1. The van der Waals surface area contributed by atoms with Crippen LogP contribution in [0.1, 0.15) is 12.5 Å². The molecule has 22 heavy (non-hydrogen) atoms. The maximum atomic E-state index is 10.8. The predicted octanol–water partition coefficient (Wildman–Crippen LogP) is 3.31. The standard InChI is InChI=1S/C17H20N2O2S/c1-3-19(2)14-10-8-13(9-11-14)6-4-5-7-16-18-15(12-22-16)17(20)21/h4-11,15H,3,12H2,1-2H3,(H,20,21)/b6-4+,7-5+/t15-/m1/s1. The minimum Gasteiger partial charge on any atom is -0.480 e. The zero-order valence-electron chi connectivity index (χ0n) is 12.8. The normalized spacial score (nSPS) is 18.1. The van der Waals surface area contributed by atoms with Gasteiger partial charge in [0.2, 0.25) is 0 Å². The van der Waals surface area contributed by atoms with Crippen LogP contribution < -0.4 is 4.90 Å². The first-order chi connectivity index (χ1) is 10.6. The average molecular weight is 316 g/mol. The molecule has 1 aliphatic rings. The molecule has 1 aromatic rings. The Labute approximate surface area is 135 Å². The van der Waals surface area contributed by atoms with Crippen LogP contribution in [0.25, 0.3) is 6.08 Å². The van der Waals surface area contributed by atoms with Crippen LogP contribution in [0.15, 0.2) is 47.5 Å². The highest BCUT2D eigenvalue weighted by atomic mass is 32.2. The smallest absolute Gasteiger partial charge is 0.329 e. The minimum atomic E-state index is -0.858. The fourth-order valence-electron chi connectivity index (χ4n) is 1.94. The molecule has 5 heteroatoms. The van der Waals surface area contributed by atoms with Crippen molar-refractivity contribution in [2.75, 3.05) is 24.2 Å². The van der Waals surface area contributed by atoms with E-state index in [1.807, 2.05) is 24.3 Å². The van der Waals surface area contributed by atoms with Gasteiger partial charge in [-0.3, -0.25) is 4.99 Å². The molecule has 2 rings (SSSR count). The Hall–Kier alpha value is -2.01. The second kappa shape index (κ2) is 7.84. The van der Waals surface area contributed by atoms with E-state index in [2.05, 4.69) is 48.1 Å². The molecule has 4 nitrogen and oxygen atoms in total. The third-order valence-electron chi connectivity index (χ3n) is 3.40. The quantitative estimate of drug-likeness (QED) is 0.818. The summed E-state index contributed by atoms with van der Waals surface area (Å²) in [6.07, 6.45) is 7.70. The lowest BCUT2D eigenvalue weighted by Crippen LogP contribution is -2.16. The molecule has 0 spiro atoms. The van der Waals surface area contributed by atoms with Crippen molar-refractivity contribution >= 4 is 34.5 Å². The van der Waals surface area contributed by atoms with Gasteiger partial charge in [-0.15, -0.1) is 11.8 Å². The maximum absolute atomic E-state index is 10.8. The number of hydrogen-bond donors (Lipinski definition) is 1. The van der Waals surface area contributed by atoms with E-state index < -0.39 is 12.0 Å². The van der Waals surface area contributed by atoms with Gasteiger partial charge < -0.3 is 10.0 Å². The number of benzene rings is 1. The van der Waals surface area contributed by atoms with Crippen LogP contribution in [0.2, 0.25) is 0 Å². The number of carboxylic acid groups (broad SMARTS) is 1. The van der Waals surface area contributed by atoms with Gasteiger partial charge in [0.05, 0.1) is 5.04 Å². The number of carboxylic acids is 1. The number of hydrogen-bond acceptors (Lipinski definition) is 4. The van der Waals surface area contributed by atoms with Gasteiger partial charge in [0.25, 0.3) is 0 Å². The number of thioether (sulfide) groups is 1. The number of carbonyl (C=O) groups is 1. The number of aliphatic imine (C=N–C) groups is 1. The zero-order chi connectivity index (χ0) is 15.9. The van der Waals surface area contributed by atoms with Gasteiger partial charge in [0, 0.05) is 25.0 Å². The molecule has 0 amide bonds. The van der Waals surface area contributed by atoms with E-state index in [1.54, 1.807) is 0 Å². The van der Waals surface area contributed by atoms with Gasteiger partial charge in [-0.1, -0.05) is 30.4 Å². The Morgan fingerprint density at radius 2 is 2.05 bits per heavy atom. The van der Waals surface area contributed by atoms with E-state index in [4.69, 9.17) is 5.11 Å². The Balaban J connectivity index is 1.91. The van der Waals surface area contributed by atoms with Gasteiger partial charge in [0.1, 0.15) is 0 Å². The molecule has 116 valence electrons. The molecular weight excluding hydrogens is 296 g/mol. The number of rotatable bonds is 6. The average Bonchev–Trinajstić information content (AvgIpc) is 3.00. The van der Waals surface area contributed by atoms with Crippen LogP contribution in [-0.2, 0) is 4.79 Å². The molecule has 0 fully saturated rings. The summed E-state index contributed by atoms with van der Waals surface area (Å²) in [5.41, 5.74) is 2.33. The van der Waals surface area contributed by atoms with E-state index in [0.717, 1.165) is 17.2 Å². The summed E-state index contributed by atoms with van der Waals surface area (Å²) in [6.45, 7) is 3.10. The van der Waals surface area contributed by atoms with E-state index in [1.165, 1.54) is 17.4 Å². The third-order valence-corrected chi connectivity index (χ3v) is 4.42. The monoisotopic (exact) mass is 316 g/mol. The van der Waals surface area contributed by atoms with E-state index in [0.29, 0.717) is 5.75 Å². The van der Waals surface area contributed by atoms with E-state index in [-0.39, 0.29) is 0 Å². The number of nitrogens with zero attached hydrogens (tertiary/aromatic N) is 2. The highest BCUT2D eigenvalue weighted by molar-refractivity contribution is 8.14. The van der Waals surface area contributed by atoms with E-state index in [9.17, 15) is 4.79 Å². The summed E-state index contributed by atoms with van der Waals surface area (Å²) >= 11 is 1.48. The summed E-state index contributed by atoms with van der Waals surface area (Å²) in [5, 5.41) is 9.64. The molecular formula is C17H20N2O2S. The van der Waals surface area contributed by atoms with Crippen LogP contribution >= 0.6 is 11.8 Å². The second-order valence-electron chi connectivity index (χ2n) is 4.96. The Morgan fingerprint density at radius 1 is 1.36 bits per heavy atom. The third kappa shape index (κ3) is 4.49. The Kier molecular flexibility index (Phi) is 5.83. The fourth-order valence-corrected chi connectivity index (χ4v) is 2.86. The summed E-state index contributed by atoms with van der Waals surface area (Å²) in [7, 11) is 2.07. The molecule has 0 aliphatic carbocycles. The van der Waals surface area contributed by atoms with Gasteiger partial charge >= 0.3 is 5.97 Å². The predicted molar refractivity (Wildman–Crippen MR) is 94.9 cm³/mol. The largest absolute Gasteiger partial charge is 0.480 e. The molecule has 0 saturated carbocycles.